The van der Waals surface area contributed by atoms with Crippen LogP contribution in [0.5, 0.6) is 5.75 Å². The van der Waals surface area contributed by atoms with E-state index in [1.54, 1.807) is 13.2 Å². The molecule has 1 atom stereocenters. The lowest BCUT2D eigenvalue weighted by Gasteiger charge is -2.13. The predicted molar refractivity (Wildman–Crippen MR) is 90.4 cm³/mol. The fourth-order valence-corrected chi connectivity index (χ4v) is 2.33. The number of nitrogens with two attached hydrogens (primary N) is 1. The number of aromatic nitrogens is 2. The molecule has 6 heteroatoms. The smallest absolute Gasteiger partial charge is 0.225 e. The summed E-state index contributed by atoms with van der Waals surface area (Å²) in [5.41, 5.74) is 7.46. The molecule has 0 aliphatic rings. The predicted octanol–water partition coefficient (Wildman–Crippen LogP) is 2.37. The summed E-state index contributed by atoms with van der Waals surface area (Å²) in [5.74, 6) is 1.50. The van der Waals surface area contributed by atoms with Crippen molar-refractivity contribution in [3.8, 4) is 5.75 Å². The summed E-state index contributed by atoms with van der Waals surface area (Å²) < 4.78 is 5.16. The summed E-state index contributed by atoms with van der Waals surface area (Å²) >= 11 is 0. The quantitative estimate of drug-likeness (QED) is 0.670. The molecule has 2 aromatic carbocycles. The van der Waals surface area contributed by atoms with Crippen molar-refractivity contribution in [2.24, 2.45) is 0 Å². The number of aliphatic hydroxyl groups excluding tert-OH is 1. The van der Waals surface area contributed by atoms with E-state index in [1.807, 2.05) is 42.5 Å². The van der Waals surface area contributed by atoms with Crippen LogP contribution < -0.4 is 15.8 Å². The molecule has 0 unspecified atom stereocenters. The van der Waals surface area contributed by atoms with Gasteiger partial charge in [0.05, 0.1) is 18.7 Å². The van der Waals surface area contributed by atoms with Crippen molar-refractivity contribution in [1.29, 1.82) is 0 Å². The van der Waals surface area contributed by atoms with Gasteiger partial charge in [0, 0.05) is 11.9 Å². The average Bonchev–Trinajstić information content (AvgIpc) is 2.60. The number of nitrogen functional groups attached to an aromatic ring is 1. The van der Waals surface area contributed by atoms with Gasteiger partial charge in [-0.25, -0.2) is 4.98 Å². The molecular formula is C17H18N4O2. The molecule has 0 fully saturated rings. The number of ether oxygens (including phenoxy) is 1. The first-order valence-electron chi connectivity index (χ1n) is 7.25. The van der Waals surface area contributed by atoms with Gasteiger partial charge in [-0.1, -0.05) is 24.3 Å². The van der Waals surface area contributed by atoms with E-state index < -0.39 is 6.10 Å². The zero-order chi connectivity index (χ0) is 16.2. The van der Waals surface area contributed by atoms with Crippen LogP contribution in [-0.2, 0) is 0 Å². The van der Waals surface area contributed by atoms with Crippen LogP contribution in [0.15, 0.2) is 48.5 Å². The molecule has 0 saturated heterocycles. The molecule has 3 aromatic rings. The van der Waals surface area contributed by atoms with Crippen LogP contribution in [0.3, 0.4) is 0 Å². The number of anilines is 2. The maximum Gasteiger partial charge on any atom is 0.225 e. The number of rotatable bonds is 5. The monoisotopic (exact) mass is 310 g/mol. The molecule has 0 aliphatic heterocycles. The van der Waals surface area contributed by atoms with Gasteiger partial charge in [0.2, 0.25) is 5.95 Å². The Morgan fingerprint density at radius 1 is 1.17 bits per heavy atom. The highest BCUT2D eigenvalue weighted by molar-refractivity contribution is 5.88. The van der Waals surface area contributed by atoms with E-state index in [4.69, 9.17) is 10.5 Å². The van der Waals surface area contributed by atoms with Crippen molar-refractivity contribution in [3.05, 3.63) is 54.1 Å². The van der Waals surface area contributed by atoms with Crippen molar-refractivity contribution in [3.63, 3.8) is 0 Å². The van der Waals surface area contributed by atoms with Crippen molar-refractivity contribution in [1.82, 2.24) is 9.97 Å². The Morgan fingerprint density at radius 3 is 2.83 bits per heavy atom. The van der Waals surface area contributed by atoms with E-state index in [1.165, 1.54) is 0 Å². The first-order chi connectivity index (χ1) is 11.2. The van der Waals surface area contributed by atoms with Crippen molar-refractivity contribution < 1.29 is 9.84 Å². The molecule has 0 spiro atoms. The molecule has 118 valence electrons. The lowest BCUT2D eigenvalue weighted by atomic mass is 10.1. The third-order valence-corrected chi connectivity index (χ3v) is 3.56. The number of fused-ring (bicyclic) bond motifs is 1. The van der Waals surface area contributed by atoms with Crippen LogP contribution in [0, 0.1) is 0 Å². The molecule has 3 rings (SSSR count). The highest BCUT2D eigenvalue weighted by Crippen LogP contribution is 2.21. The molecule has 1 aromatic heterocycles. The van der Waals surface area contributed by atoms with Crippen molar-refractivity contribution in [2.75, 3.05) is 24.7 Å². The molecule has 6 nitrogen and oxygen atoms in total. The summed E-state index contributed by atoms with van der Waals surface area (Å²) in [6, 6.07) is 14.8. The Kier molecular flexibility index (Phi) is 4.25. The minimum Gasteiger partial charge on any atom is -0.497 e. The number of hydrogen-bond donors (Lipinski definition) is 3. The topological polar surface area (TPSA) is 93.3 Å². The standard InChI is InChI=1S/C17H18N4O2/c1-23-12-6-4-5-11(9-12)15(22)10-19-17-20-14-8-3-2-7-13(14)16(18)21-17/h2-9,15,22H,10H2,1H3,(H3,18,19,20,21)/t15-/m0/s1. The van der Waals surface area contributed by atoms with Gasteiger partial charge in [-0.3, -0.25) is 0 Å². The number of hydrogen-bond acceptors (Lipinski definition) is 6. The number of benzene rings is 2. The molecule has 0 saturated carbocycles. The maximum atomic E-state index is 10.3. The number of nitrogens with one attached hydrogen (secondary N) is 1. The normalized spacial score (nSPS) is 12.1. The molecule has 4 N–H and O–H groups in total. The number of para-hydroxylation sites is 1. The van der Waals surface area contributed by atoms with Crippen LogP contribution in [0.1, 0.15) is 11.7 Å². The molecule has 0 amide bonds. The Hall–Kier alpha value is -2.86. The lowest BCUT2D eigenvalue weighted by molar-refractivity contribution is 0.191. The van der Waals surface area contributed by atoms with Gasteiger partial charge < -0.3 is 20.9 Å². The van der Waals surface area contributed by atoms with Crippen LogP contribution in [-0.4, -0.2) is 28.7 Å². The van der Waals surface area contributed by atoms with E-state index in [2.05, 4.69) is 15.3 Å². The Labute approximate surface area is 134 Å². The SMILES string of the molecule is COc1cccc([C@@H](O)CNc2nc(N)c3ccccc3n2)c1. The summed E-state index contributed by atoms with van der Waals surface area (Å²) in [7, 11) is 1.59. The number of aliphatic hydroxyl groups is 1. The highest BCUT2D eigenvalue weighted by Gasteiger charge is 2.10. The maximum absolute atomic E-state index is 10.3. The van der Waals surface area contributed by atoms with Gasteiger partial charge in [-0.05, 0) is 29.8 Å². The fraction of sp³-hybridized carbons (Fsp3) is 0.176. The van der Waals surface area contributed by atoms with Crippen molar-refractivity contribution >= 4 is 22.7 Å². The van der Waals surface area contributed by atoms with Crippen LogP contribution in [0.2, 0.25) is 0 Å². The molecule has 0 aliphatic carbocycles. The van der Waals surface area contributed by atoms with Crippen LogP contribution in [0.25, 0.3) is 10.9 Å². The Bertz CT molecular complexity index is 823. The zero-order valence-electron chi connectivity index (χ0n) is 12.7. The van der Waals surface area contributed by atoms with E-state index in [0.717, 1.165) is 16.5 Å². The molecule has 23 heavy (non-hydrogen) atoms. The number of nitrogens with zero attached hydrogens (tertiary/aromatic N) is 2. The lowest BCUT2D eigenvalue weighted by Crippen LogP contribution is -2.14. The minimum absolute atomic E-state index is 0.269. The summed E-state index contributed by atoms with van der Waals surface area (Å²) in [5, 5.41) is 14.1. The third-order valence-electron chi connectivity index (χ3n) is 3.56. The van der Waals surface area contributed by atoms with Crippen LogP contribution in [0.4, 0.5) is 11.8 Å². The molecule has 0 bridgehead atoms. The Balaban J connectivity index is 1.74. The van der Waals surface area contributed by atoms with E-state index >= 15 is 0 Å². The Morgan fingerprint density at radius 2 is 2.00 bits per heavy atom. The first kappa shape index (κ1) is 15.1. The minimum atomic E-state index is -0.707. The highest BCUT2D eigenvalue weighted by atomic mass is 16.5. The van der Waals surface area contributed by atoms with E-state index in [9.17, 15) is 5.11 Å². The fourth-order valence-electron chi connectivity index (χ4n) is 2.33. The molecule has 0 radical (unpaired) electrons. The summed E-state index contributed by atoms with van der Waals surface area (Å²) in [6.07, 6.45) is -0.707. The van der Waals surface area contributed by atoms with Crippen molar-refractivity contribution in [2.45, 2.75) is 6.10 Å². The van der Waals surface area contributed by atoms with E-state index in [0.29, 0.717) is 17.5 Å². The largest absolute Gasteiger partial charge is 0.497 e. The van der Waals surface area contributed by atoms with E-state index in [-0.39, 0.29) is 6.54 Å². The van der Waals surface area contributed by atoms with Gasteiger partial charge in [0.1, 0.15) is 11.6 Å². The number of methoxy groups -OCH3 is 1. The van der Waals surface area contributed by atoms with Gasteiger partial charge in [-0.2, -0.15) is 4.98 Å². The zero-order valence-corrected chi connectivity index (χ0v) is 12.7. The second-order valence-electron chi connectivity index (χ2n) is 5.12. The molecular weight excluding hydrogens is 292 g/mol. The second-order valence-corrected chi connectivity index (χ2v) is 5.12. The van der Waals surface area contributed by atoms with Gasteiger partial charge in [0.25, 0.3) is 0 Å². The summed E-state index contributed by atoms with van der Waals surface area (Å²) in [6.45, 7) is 0.269. The van der Waals surface area contributed by atoms with Gasteiger partial charge >= 0.3 is 0 Å². The van der Waals surface area contributed by atoms with Gasteiger partial charge in [-0.15, -0.1) is 0 Å². The van der Waals surface area contributed by atoms with Crippen LogP contribution >= 0.6 is 0 Å². The first-order valence-corrected chi connectivity index (χ1v) is 7.25. The third kappa shape index (κ3) is 3.32. The summed E-state index contributed by atoms with van der Waals surface area (Å²) in [4.78, 5) is 8.62. The molecule has 1 heterocycles. The van der Waals surface area contributed by atoms with Gasteiger partial charge in [0.15, 0.2) is 0 Å². The average molecular weight is 310 g/mol. The second kappa shape index (κ2) is 6.50.